The van der Waals surface area contributed by atoms with E-state index in [-0.39, 0.29) is 5.82 Å². The summed E-state index contributed by atoms with van der Waals surface area (Å²) < 4.78 is 12.9. The van der Waals surface area contributed by atoms with Crippen molar-refractivity contribution in [2.24, 2.45) is 0 Å². The van der Waals surface area contributed by atoms with E-state index in [0.717, 1.165) is 31.6 Å². The van der Waals surface area contributed by atoms with Crippen molar-refractivity contribution >= 4 is 17.3 Å². The van der Waals surface area contributed by atoms with Crippen molar-refractivity contribution in [1.29, 1.82) is 0 Å². The second kappa shape index (κ2) is 5.69. The van der Waals surface area contributed by atoms with Gasteiger partial charge in [0.05, 0.1) is 10.7 Å². The predicted octanol–water partition coefficient (Wildman–Crippen LogP) is 3.38. The Balaban J connectivity index is 2.00. The maximum Gasteiger partial charge on any atom is 0.124 e. The number of anilines is 1. The maximum absolute atomic E-state index is 12.9. The first kappa shape index (κ1) is 12.7. The quantitative estimate of drug-likeness (QED) is 0.873. The molecule has 1 heterocycles. The zero-order valence-corrected chi connectivity index (χ0v) is 10.8. The largest absolute Gasteiger partial charge is 0.381 e. The van der Waals surface area contributed by atoms with Gasteiger partial charge in [0, 0.05) is 6.04 Å². The SMILES string of the molecule is CN1CCCC(Nc2ccc(F)cc2Cl)CC1. The summed E-state index contributed by atoms with van der Waals surface area (Å²) in [5.74, 6) is -0.291. The van der Waals surface area contributed by atoms with E-state index in [2.05, 4.69) is 17.3 Å². The van der Waals surface area contributed by atoms with Crippen molar-refractivity contribution in [2.45, 2.75) is 25.3 Å². The molecule has 1 fully saturated rings. The fourth-order valence-electron chi connectivity index (χ4n) is 2.21. The summed E-state index contributed by atoms with van der Waals surface area (Å²) in [6.45, 7) is 2.24. The van der Waals surface area contributed by atoms with Gasteiger partial charge in [-0.3, -0.25) is 0 Å². The van der Waals surface area contributed by atoms with E-state index < -0.39 is 0 Å². The Hall–Kier alpha value is -0.800. The molecular weight excluding hydrogens is 239 g/mol. The molecule has 0 saturated carbocycles. The minimum absolute atomic E-state index is 0.291. The van der Waals surface area contributed by atoms with E-state index in [1.54, 1.807) is 6.07 Å². The zero-order valence-electron chi connectivity index (χ0n) is 10.0. The van der Waals surface area contributed by atoms with Crippen molar-refractivity contribution in [3.8, 4) is 0 Å². The van der Waals surface area contributed by atoms with E-state index in [0.29, 0.717) is 11.1 Å². The molecule has 2 nitrogen and oxygen atoms in total. The Morgan fingerprint density at radius 3 is 2.94 bits per heavy atom. The second-order valence-corrected chi connectivity index (χ2v) is 5.11. The second-order valence-electron chi connectivity index (χ2n) is 4.70. The summed E-state index contributed by atoms with van der Waals surface area (Å²) in [7, 11) is 2.15. The molecule has 17 heavy (non-hydrogen) atoms. The first-order valence-corrected chi connectivity index (χ1v) is 6.43. The minimum Gasteiger partial charge on any atom is -0.381 e. The molecule has 1 aromatic rings. The van der Waals surface area contributed by atoms with E-state index in [1.807, 2.05) is 0 Å². The van der Waals surface area contributed by atoms with Crippen molar-refractivity contribution in [1.82, 2.24) is 4.90 Å². The number of nitrogens with zero attached hydrogens (tertiary/aromatic N) is 1. The Bertz CT molecular complexity index is 384. The van der Waals surface area contributed by atoms with Crippen LogP contribution in [0.2, 0.25) is 5.02 Å². The average Bonchev–Trinajstić information content (AvgIpc) is 2.48. The van der Waals surface area contributed by atoms with Gasteiger partial charge in [0.2, 0.25) is 0 Å². The van der Waals surface area contributed by atoms with E-state index in [9.17, 15) is 4.39 Å². The molecule has 1 atom stereocenters. The van der Waals surface area contributed by atoms with Crippen LogP contribution in [-0.2, 0) is 0 Å². The highest BCUT2D eigenvalue weighted by molar-refractivity contribution is 6.33. The molecule has 0 aromatic heterocycles. The molecule has 1 aromatic carbocycles. The normalized spacial score (nSPS) is 22.2. The lowest BCUT2D eigenvalue weighted by molar-refractivity contribution is 0.348. The Morgan fingerprint density at radius 1 is 1.35 bits per heavy atom. The van der Waals surface area contributed by atoms with Crippen molar-refractivity contribution in [3.63, 3.8) is 0 Å². The third-order valence-electron chi connectivity index (χ3n) is 3.24. The molecule has 1 unspecified atom stereocenters. The lowest BCUT2D eigenvalue weighted by Gasteiger charge is -2.18. The summed E-state index contributed by atoms with van der Waals surface area (Å²) in [6.07, 6.45) is 3.43. The average molecular weight is 257 g/mol. The maximum atomic E-state index is 12.9. The molecule has 94 valence electrons. The zero-order chi connectivity index (χ0) is 12.3. The van der Waals surface area contributed by atoms with Crippen LogP contribution in [0.3, 0.4) is 0 Å². The van der Waals surface area contributed by atoms with Gasteiger partial charge >= 0.3 is 0 Å². The fraction of sp³-hybridized carbons (Fsp3) is 0.538. The highest BCUT2D eigenvalue weighted by Gasteiger charge is 2.15. The van der Waals surface area contributed by atoms with Crippen LogP contribution in [0.25, 0.3) is 0 Å². The van der Waals surface area contributed by atoms with Gasteiger partial charge < -0.3 is 10.2 Å². The van der Waals surface area contributed by atoms with Crippen LogP contribution in [0.4, 0.5) is 10.1 Å². The summed E-state index contributed by atoms with van der Waals surface area (Å²) in [5.41, 5.74) is 0.836. The molecule has 1 saturated heterocycles. The number of nitrogens with one attached hydrogen (secondary N) is 1. The van der Waals surface area contributed by atoms with Crippen LogP contribution in [0.5, 0.6) is 0 Å². The predicted molar refractivity (Wildman–Crippen MR) is 70.2 cm³/mol. The first-order valence-electron chi connectivity index (χ1n) is 6.05. The van der Waals surface area contributed by atoms with Crippen LogP contribution < -0.4 is 5.32 Å². The molecule has 1 aliphatic heterocycles. The summed E-state index contributed by atoms with van der Waals surface area (Å²) in [5, 5.41) is 3.87. The molecule has 2 rings (SSSR count). The lowest BCUT2D eigenvalue weighted by Crippen LogP contribution is -2.23. The van der Waals surface area contributed by atoms with Gasteiger partial charge in [0.15, 0.2) is 0 Å². The minimum atomic E-state index is -0.291. The van der Waals surface area contributed by atoms with Gasteiger partial charge in [0.25, 0.3) is 0 Å². The third kappa shape index (κ3) is 3.58. The monoisotopic (exact) mass is 256 g/mol. The van der Waals surface area contributed by atoms with Gasteiger partial charge in [-0.2, -0.15) is 0 Å². The van der Waals surface area contributed by atoms with Gasteiger partial charge in [-0.15, -0.1) is 0 Å². The van der Waals surface area contributed by atoms with Gasteiger partial charge in [-0.05, 0) is 57.6 Å². The van der Waals surface area contributed by atoms with E-state index in [4.69, 9.17) is 11.6 Å². The van der Waals surface area contributed by atoms with Crippen LogP contribution in [0.15, 0.2) is 18.2 Å². The molecule has 1 aliphatic rings. The Morgan fingerprint density at radius 2 is 2.18 bits per heavy atom. The summed E-state index contributed by atoms with van der Waals surface area (Å²) in [4.78, 5) is 2.34. The molecule has 0 amide bonds. The highest BCUT2D eigenvalue weighted by Crippen LogP contribution is 2.25. The first-order chi connectivity index (χ1) is 8.15. The van der Waals surface area contributed by atoms with Crippen molar-refractivity contribution in [2.75, 3.05) is 25.5 Å². The van der Waals surface area contributed by atoms with Gasteiger partial charge in [-0.1, -0.05) is 11.6 Å². The molecule has 4 heteroatoms. The summed E-state index contributed by atoms with van der Waals surface area (Å²) >= 11 is 6.01. The lowest BCUT2D eigenvalue weighted by atomic mass is 10.1. The van der Waals surface area contributed by atoms with E-state index >= 15 is 0 Å². The van der Waals surface area contributed by atoms with Gasteiger partial charge in [0.1, 0.15) is 5.82 Å². The molecule has 0 aliphatic carbocycles. The third-order valence-corrected chi connectivity index (χ3v) is 3.56. The Labute approximate surface area is 107 Å². The van der Waals surface area contributed by atoms with Crippen LogP contribution >= 0.6 is 11.6 Å². The number of hydrogen-bond donors (Lipinski definition) is 1. The number of hydrogen-bond acceptors (Lipinski definition) is 2. The Kier molecular flexibility index (Phi) is 4.24. The standard InChI is InChI=1S/C13H18ClFN2/c1-17-7-2-3-11(6-8-17)16-13-5-4-10(15)9-12(13)14/h4-5,9,11,16H,2-3,6-8H2,1H3. The molecule has 1 N–H and O–H groups in total. The van der Waals surface area contributed by atoms with Crippen molar-refractivity contribution in [3.05, 3.63) is 29.0 Å². The molecule has 0 bridgehead atoms. The molecule has 0 radical (unpaired) electrons. The van der Waals surface area contributed by atoms with Crippen LogP contribution in [0, 0.1) is 5.82 Å². The number of rotatable bonds is 2. The number of likely N-dealkylation sites (tertiary alicyclic amines) is 1. The van der Waals surface area contributed by atoms with E-state index in [1.165, 1.54) is 18.6 Å². The van der Waals surface area contributed by atoms with Gasteiger partial charge in [-0.25, -0.2) is 4.39 Å². The number of halogens is 2. The highest BCUT2D eigenvalue weighted by atomic mass is 35.5. The molecule has 0 spiro atoms. The smallest absolute Gasteiger partial charge is 0.124 e. The topological polar surface area (TPSA) is 15.3 Å². The van der Waals surface area contributed by atoms with Crippen molar-refractivity contribution < 1.29 is 4.39 Å². The summed E-state index contributed by atoms with van der Waals surface area (Å²) in [6, 6.07) is 4.94. The van der Waals surface area contributed by atoms with Crippen LogP contribution in [-0.4, -0.2) is 31.1 Å². The number of benzene rings is 1. The van der Waals surface area contributed by atoms with Crippen LogP contribution in [0.1, 0.15) is 19.3 Å². The fourth-order valence-corrected chi connectivity index (χ4v) is 2.43. The molecular formula is C13H18ClFN2.